The molecule has 0 amide bonds. The van der Waals surface area contributed by atoms with Gasteiger partial charge in [0.15, 0.2) is 5.03 Å². The maximum atomic E-state index is 12.5. The van der Waals surface area contributed by atoms with E-state index in [-0.39, 0.29) is 5.03 Å². The van der Waals surface area contributed by atoms with Crippen LogP contribution in [-0.2, 0) is 10.0 Å². The molecule has 2 rings (SSSR count). The third-order valence-corrected chi connectivity index (χ3v) is 4.47. The summed E-state index contributed by atoms with van der Waals surface area (Å²) in [5.74, 6) is 0. The summed E-state index contributed by atoms with van der Waals surface area (Å²) in [6.45, 7) is 4.27. The third-order valence-electron chi connectivity index (χ3n) is 2.85. The molecular weight excluding hydrogens is 310 g/mol. The van der Waals surface area contributed by atoms with E-state index in [1.165, 1.54) is 6.20 Å². The van der Waals surface area contributed by atoms with Crippen molar-refractivity contribution >= 4 is 33.0 Å². The van der Waals surface area contributed by atoms with Gasteiger partial charge in [-0.15, -0.1) is 0 Å². The van der Waals surface area contributed by atoms with Crippen LogP contribution in [0.3, 0.4) is 0 Å². The van der Waals surface area contributed by atoms with Crippen LogP contribution in [0.4, 0.5) is 11.4 Å². The molecule has 112 valence electrons. The fourth-order valence-electron chi connectivity index (χ4n) is 1.87. The lowest BCUT2D eigenvalue weighted by Gasteiger charge is -2.14. The predicted octanol–water partition coefficient (Wildman–Crippen LogP) is 3.28. The third kappa shape index (κ3) is 3.46. The summed E-state index contributed by atoms with van der Waals surface area (Å²) in [6.07, 6.45) is 1.44. The Hall–Kier alpha value is -1.79. The first-order chi connectivity index (χ1) is 9.95. The van der Waals surface area contributed by atoms with Gasteiger partial charge in [-0.2, -0.15) is 8.42 Å². The Morgan fingerprint density at radius 2 is 2.00 bits per heavy atom. The van der Waals surface area contributed by atoms with Gasteiger partial charge in [-0.3, -0.25) is 4.72 Å². The molecule has 0 saturated carbocycles. The molecule has 0 radical (unpaired) electrons. The lowest BCUT2D eigenvalue weighted by Crippen LogP contribution is -2.17. The summed E-state index contributed by atoms with van der Waals surface area (Å²) in [7, 11) is -3.82. The number of sulfonamides is 1. The fourth-order valence-corrected chi connectivity index (χ4v) is 3.46. The molecule has 1 aromatic carbocycles. The van der Waals surface area contributed by atoms with Gasteiger partial charge in [-0.1, -0.05) is 23.7 Å². The number of nitrogens with one attached hydrogen (secondary N) is 2. The minimum Gasteiger partial charge on any atom is -0.383 e. The van der Waals surface area contributed by atoms with Crippen molar-refractivity contribution in [1.82, 2.24) is 4.98 Å². The molecule has 0 unspecified atom stereocenters. The molecule has 0 aliphatic rings. The van der Waals surface area contributed by atoms with E-state index in [0.29, 0.717) is 22.9 Å². The molecule has 0 fully saturated rings. The monoisotopic (exact) mass is 325 g/mol. The van der Waals surface area contributed by atoms with E-state index in [2.05, 4.69) is 15.0 Å². The van der Waals surface area contributed by atoms with Crippen molar-refractivity contribution in [3.05, 3.63) is 47.1 Å². The molecule has 0 aliphatic carbocycles. The molecule has 0 aliphatic heterocycles. The zero-order valence-corrected chi connectivity index (χ0v) is 13.3. The van der Waals surface area contributed by atoms with Gasteiger partial charge in [0.25, 0.3) is 10.0 Å². The lowest BCUT2D eigenvalue weighted by atomic mass is 10.2. The summed E-state index contributed by atoms with van der Waals surface area (Å²) in [5, 5.41) is 3.28. The molecule has 1 heterocycles. The second-order valence-corrected chi connectivity index (χ2v) is 6.43. The summed E-state index contributed by atoms with van der Waals surface area (Å²) < 4.78 is 27.6. The Bertz CT molecular complexity index is 727. The number of nitrogens with zero attached hydrogens (tertiary/aromatic N) is 1. The highest BCUT2D eigenvalue weighted by Crippen LogP contribution is 2.29. The zero-order valence-electron chi connectivity index (χ0n) is 11.7. The standard InChI is InChI=1S/C14H16ClN3O2S/c1-3-16-12-8-5-9-17-14(12)21(19,20)18-13-10(2)6-4-7-11(13)15/h4-9,16,18H,3H2,1-2H3. The van der Waals surface area contributed by atoms with Gasteiger partial charge in [0.1, 0.15) is 0 Å². The Labute approximate surface area is 129 Å². The van der Waals surface area contributed by atoms with E-state index in [9.17, 15) is 8.42 Å². The van der Waals surface area contributed by atoms with Gasteiger partial charge in [-0.05, 0) is 37.6 Å². The summed E-state index contributed by atoms with van der Waals surface area (Å²) in [6, 6.07) is 8.53. The van der Waals surface area contributed by atoms with Crippen molar-refractivity contribution in [2.24, 2.45) is 0 Å². The summed E-state index contributed by atoms with van der Waals surface area (Å²) >= 11 is 6.06. The van der Waals surface area contributed by atoms with Crippen molar-refractivity contribution in [2.75, 3.05) is 16.6 Å². The molecular formula is C14H16ClN3O2S. The fraction of sp³-hybridized carbons (Fsp3) is 0.214. The first-order valence-corrected chi connectivity index (χ1v) is 8.28. The topological polar surface area (TPSA) is 71.1 Å². The van der Waals surface area contributed by atoms with Crippen LogP contribution in [-0.4, -0.2) is 19.9 Å². The lowest BCUT2D eigenvalue weighted by molar-refractivity contribution is 0.598. The number of hydrogen-bond donors (Lipinski definition) is 2. The van der Waals surface area contributed by atoms with Crippen molar-refractivity contribution in [3.8, 4) is 0 Å². The van der Waals surface area contributed by atoms with Crippen LogP contribution in [0.25, 0.3) is 0 Å². The number of pyridine rings is 1. The highest BCUT2D eigenvalue weighted by atomic mass is 35.5. The van der Waals surface area contributed by atoms with Crippen LogP contribution in [0, 0.1) is 6.92 Å². The minimum atomic E-state index is -3.82. The van der Waals surface area contributed by atoms with E-state index in [4.69, 9.17) is 11.6 Å². The zero-order chi connectivity index (χ0) is 15.5. The smallest absolute Gasteiger partial charge is 0.281 e. The number of anilines is 2. The maximum absolute atomic E-state index is 12.5. The molecule has 1 aromatic heterocycles. The number of aryl methyl sites for hydroxylation is 1. The van der Waals surface area contributed by atoms with Crippen LogP contribution in [0.1, 0.15) is 12.5 Å². The van der Waals surface area contributed by atoms with Crippen molar-refractivity contribution < 1.29 is 8.42 Å². The second-order valence-electron chi connectivity index (χ2n) is 4.42. The van der Waals surface area contributed by atoms with Gasteiger partial charge in [0.05, 0.1) is 16.4 Å². The first-order valence-electron chi connectivity index (χ1n) is 6.42. The Kier molecular flexibility index (Phi) is 4.69. The number of para-hydroxylation sites is 1. The predicted molar refractivity (Wildman–Crippen MR) is 85.4 cm³/mol. The van der Waals surface area contributed by atoms with E-state index >= 15 is 0 Å². The minimum absolute atomic E-state index is 0.0498. The van der Waals surface area contributed by atoms with Gasteiger partial charge in [-0.25, -0.2) is 4.98 Å². The molecule has 7 heteroatoms. The average molecular weight is 326 g/mol. The number of rotatable bonds is 5. The molecule has 21 heavy (non-hydrogen) atoms. The van der Waals surface area contributed by atoms with Gasteiger partial charge >= 0.3 is 0 Å². The molecule has 5 nitrogen and oxygen atoms in total. The highest BCUT2D eigenvalue weighted by molar-refractivity contribution is 7.92. The summed E-state index contributed by atoms with van der Waals surface area (Å²) in [5.41, 5.74) is 1.57. The molecule has 0 spiro atoms. The Morgan fingerprint density at radius 1 is 1.24 bits per heavy atom. The molecule has 2 N–H and O–H groups in total. The van der Waals surface area contributed by atoms with Gasteiger partial charge in [0, 0.05) is 12.7 Å². The van der Waals surface area contributed by atoms with Crippen molar-refractivity contribution in [1.29, 1.82) is 0 Å². The van der Waals surface area contributed by atoms with Crippen LogP contribution in [0.15, 0.2) is 41.6 Å². The van der Waals surface area contributed by atoms with Crippen LogP contribution in [0.2, 0.25) is 5.02 Å². The van der Waals surface area contributed by atoms with E-state index in [0.717, 1.165) is 5.56 Å². The molecule has 0 atom stereocenters. The number of aromatic nitrogens is 1. The van der Waals surface area contributed by atoms with E-state index in [1.54, 1.807) is 37.3 Å². The summed E-state index contributed by atoms with van der Waals surface area (Å²) in [4.78, 5) is 3.97. The SMILES string of the molecule is CCNc1cccnc1S(=O)(=O)Nc1c(C)cccc1Cl. The van der Waals surface area contributed by atoms with Crippen molar-refractivity contribution in [3.63, 3.8) is 0 Å². The normalized spacial score (nSPS) is 11.2. The quantitative estimate of drug-likeness (QED) is 0.885. The Balaban J connectivity index is 2.44. The van der Waals surface area contributed by atoms with Crippen LogP contribution < -0.4 is 10.0 Å². The van der Waals surface area contributed by atoms with Crippen LogP contribution >= 0.6 is 11.6 Å². The largest absolute Gasteiger partial charge is 0.383 e. The number of benzene rings is 1. The Morgan fingerprint density at radius 3 is 2.67 bits per heavy atom. The van der Waals surface area contributed by atoms with Crippen molar-refractivity contribution in [2.45, 2.75) is 18.9 Å². The second kappa shape index (κ2) is 6.32. The number of halogens is 1. The molecule has 2 aromatic rings. The highest BCUT2D eigenvalue weighted by Gasteiger charge is 2.21. The average Bonchev–Trinajstić information content (AvgIpc) is 2.44. The first kappa shape index (κ1) is 15.6. The maximum Gasteiger partial charge on any atom is 0.281 e. The molecule has 0 saturated heterocycles. The van der Waals surface area contributed by atoms with Gasteiger partial charge < -0.3 is 5.32 Å². The number of hydrogen-bond acceptors (Lipinski definition) is 4. The van der Waals surface area contributed by atoms with E-state index < -0.39 is 10.0 Å². The molecule has 0 bridgehead atoms. The van der Waals surface area contributed by atoms with Crippen LogP contribution in [0.5, 0.6) is 0 Å². The van der Waals surface area contributed by atoms with Gasteiger partial charge in [0.2, 0.25) is 0 Å². The van der Waals surface area contributed by atoms with E-state index in [1.807, 2.05) is 6.92 Å².